The molecule has 1 fully saturated rings. The SMILES string of the molecule is Cc1nc(Cn2cncc2C2CCCNC2)oc1C. The Labute approximate surface area is 113 Å². The maximum absolute atomic E-state index is 5.65. The third-order valence-corrected chi connectivity index (χ3v) is 3.84. The van der Waals surface area contributed by atoms with Gasteiger partial charge in [-0.2, -0.15) is 0 Å². The van der Waals surface area contributed by atoms with Gasteiger partial charge in [0.05, 0.1) is 12.0 Å². The molecule has 2 aromatic heterocycles. The van der Waals surface area contributed by atoms with Gasteiger partial charge in [0.1, 0.15) is 12.3 Å². The Balaban J connectivity index is 1.79. The summed E-state index contributed by atoms with van der Waals surface area (Å²) in [4.78, 5) is 8.73. The van der Waals surface area contributed by atoms with Gasteiger partial charge in [0.15, 0.2) is 0 Å². The van der Waals surface area contributed by atoms with Crippen molar-refractivity contribution in [2.75, 3.05) is 13.1 Å². The smallest absolute Gasteiger partial charge is 0.214 e. The molecule has 1 atom stereocenters. The Morgan fingerprint density at radius 2 is 2.37 bits per heavy atom. The van der Waals surface area contributed by atoms with E-state index in [0.29, 0.717) is 12.5 Å². The van der Waals surface area contributed by atoms with Gasteiger partial charge in [-0.15, -0.1) is 0 Å². The summed E-state index contributed by atoms with van der Waals surface area (Å²) in [7, 11) is 0. The first-order valence-electron chi connectivity index (χ1n) is 6.87. The fraction of sp³-hybridized carbons (Fsp3) is 0.571. The van der Waals surface area contributed by atoms with E-state index in [9.17, 15) is 0 Å². The molecule has 5 heteroatoms. The van der Waals surface area contributed by atoms with Crippen molar-refractivity contribution in [1.82, 2.24) is 19.9 Å². The van der Waals surface area contributed by atoms with Crippen LogP contribution in [0.4, 0.5) is 0 Å². The first-order chi connectivity index (χ1) is 9.24. The van der Waals surface area contributed by atoms with E-state index in [0.717, 1.165) is 30.4 Å². The molecule has 5 nitrogen and oxygen atoms in total. The van der Waals surface area contributed by atoms with Gasteiger partial charge in [-0.25, -0.2) is 9.97 Å². The predicted molar refractivity (Wildman–Crippen MR) is 72.2 cm³/mol. The summed E-state index contributed by atoms with van der Waals surface area (Å²) in [5, 5.41) is 3.45. The highest BCUT2D eigenvalue weighted by Gasteiger charge is 2.19. The van der Waals surface area contributed by atoms with Crippen molar-refractivity contribution in [2.24, 2.45) is 0 Å². The molecule has 1 saturated heterocycles. The second-order valence-corrected chi connectivity index (χ2v) is 5.24. The van der Waals surface area contributed by atoms with Gasteiger partial charge >= 0.3 is 0 Å². The predicted octanol–water partition coefficient (Wildman–Crippen LogP) is 2.00. The lowest BCUT2D eigenvalue weighted by Gasteiger charge is -2.23. The van der Waals surface area contributed by atoms with Gasteiger partial charge in [0.25, 0.3) is 0 Å². The molecule has 0 bridgehead atoms. The topological polar surface area (TPSA) is 55.9 Å². The van der Waals surface area contributed by atoms with E-state index < -0.39 is 0 Å². The van der Waals surface area contributed by atoms with Crippen LogP contribution in [-0.4, -0.2) is 27.6 Å². The Kier molecular flexibility index (Phi) is 3.38. The van der Waals surface area contributed by atoms with Crippen molar-refractivity contribution in [1.29, 1.82) is 0 Å². The number of nitrogens with zero attached hydrogens (tertiary/aromatic N) is 3. The first-order valence-corrected chi connectivity index (χ1v) is 6.87. The summed E-state index contributed by atoms with van der Waals surface area (Å²) in [5.74, 6) is 2.21. The van der Waals surface area contributed by atoms with Crippen LogP contribution in [0, 0.1) is 13.8 Å². The van der Waals surface area contributed by atoms with Gasteiger partial charge in [-0.3, -0.25) is 0 Å². The summed E-state index contributed by atoms with van der Waals surface area (Å²) < 4.78 is 7.81. The molecule has 0 amide bonds. The number of oxazole rings is 1. The van der Waals surface area contributed by atoms with E-state index in [-0.39, 0.29) is 0 Å². The standard InChI is InChI=1S/C14H20N4O/c1-10-11(2)19-14(17-10)8-18-9-16-7-13(18)12-4-3-5-15-6-12/h7,9,12,15H,3-6,8H2,1-2H3. The lowest BCUT2D eigenvalue weighted by atomic mass is 9.96. The van der Waals surface area contributed by atoms with Crippen LogP contribution < -0.4 is 5.32 Å². The molecule has 1 aliphatic heterocycles. The third kappa shape index (κ3) is 2.56. The number of hydrogen-bond acceptors (Lipinski definition) is 4. The van der Waals surface area contributed by atoms with Gasteiger partial charge in [-0.05, 0) is 33.2 Å². The van der Waals surface area contributed by atoms with Crippen LogP contribution in [0.15, 0.2) is 16.9 Å². The number of hydrogen-bond donors (Lipinski definition) is 1. The summed E-state index contributed by atoms with van der Waals surface area (Å²) in [6.07, 6.45) is 6.30. The van der Waals surface area contributed by atoms with E-state index in [4.69, 9.17) is 4.42 Å². The first kappa shape index (κ1) is 12.4. The minimum absolute atomic E-state index is 0.549. The Morgan fingerprint density at radius 3 is 3.05 bits per heavy atom. The highest BCUT2D eigenvalue weighted by Crippen LogP contribution is 2.23. The average molecular weight is 260 g/mol. The normalized spacial score (nSPS) is 19.8. The third-order valence-electron chi connectivity index (χ3n) is 3.84. The van der Waals surface area contributed by atoms with Gasteiger partial charge < -0.3 is 14.3 Å². The molecule has 1 aliphatic rings. The van der Waals surface area contributed by atoms with Crippen LogP contribution in [-0.2, 0) is 6.54 Å². The van der Waals surface area contributed by atoms with Crippen molar-refractivity contribution in [2.45, 2.75) is 39.2 Å². The van der Waals surface area contributed by atoms with Crippen molar-refractivity contribution in [3.8, 4) is 0 Å². The van der Waals surface area contributed by atoms with E-state index >= 15 is 0 Å². The maximum atomic E-state index is 5.65. The Morgan fingerprint density at radius 1 is 1.47 bits per heavy atom. The van der Waals surface area contributed by atoms with Crippen molar-refractivity contribution < 1.29 is 4.42 Å². The fourth-order valence-corrected chi connectivity index (χ4v) is 2.66. The highest BCUT2D eigenvalue weighted by molar-refractivity contribution is 5.11. The zero-order valence-corrected chi connectivity index (χ0v) is 11.5. The van der Waals surface area contributed by atoms with Crippen LogP contribution in [0.1, 0.15) is 41.8 Å². The molecule has 0 radical (unpaired) electrons. The highest BCUT2D eigenvalue weighted by atomic mass is 16.4. The zero-order valence-electron chi connectivity index (χ0n) is 11.5. The lowest BCUT2D eigenvalue weighted by molar-refractivity contribution is 0.424. The molecule has 3 heterocycles. The number of imidazole rings is 1. The Bertz CT molecular complexity index is 532. The second-order valence-electron chi connectivity index (χ2n) is 5.24. The molecule has 2 aromatic rings. The number of aryl methyl sites for hydroxylation is 2. The zero-order chi connectivity index (χ0) is 13.2. The van der Waals surface area contributed by atoms with E-state index in [2.05, 4.69) is 19.9 Å². The van der Waals surface area contributed by atoms with Crippen LogP contribution in [0.2, 0.25) is 0 Å². The minimum Gasteiger partial charge on any atom is -0.444 e. The summed E-state index contributed by atoms with van der Waals surface area (Å²) >= 11 is 0. The molecule has 0 aromatic carbocycles. The second kappa shape index (κ2) is 5.17. The number of aromatic nitrogens is 3. The summed E-state index contributed by atoms with van der Waals surface area (Å²) in [5.41, 5.74) is 2.25. The van der Waals surface area contributed by atoms with Gasteiger partial charge in [0, 0.05) is 24.4 Å². The molecule has 1 unspecified atom stereocenters. The molecule has 0 saturated carbocycles. The van der Waals surface area contributed by atoms with Crippen molar-refractivity contribution in [3.63, 3.8) is 0 Å². The number of piperidine rings is 1. The molecular weight excluding hydrogens is 240 g/mol. The van der Waals surface area contributed by atoms with E-state index in [1.165, 1.54) is 18.5 Å². The van der Waals surface area contributed by atoms with Crippen LogP contribution >= 0.6 is 0 Å². The molecule has 102 valence electrons. The minimum atomic E-state index is 0.549. The number of nitrogens with one attached hydrogen (secondary N) is 1. The molecule has 3 rings (SSSR count). The van der Waals surface area contributed by atoms with E-state index in [1.54, 1.807) is 0 Å². The number of rotatable bonds is 3. The molecular formula is C14H20N4O. The average Bonchev–Trinajstić information content (AvgIpc) is 2.99. The molecule has 0 aliphatic carbocycles. The molecule has 0 spiro atoms. The van der Waals surface area contributed by atoms with E-state index in [1.807, 2.05) is 26.4 Å². The lowest BCUT2D eigenvalue weighted by Crippen LogP contribution is -2.29. The molecule has 19 heavy (non-hydrogen) atoms. The van der Waals surface area contributed by atoms with Crippen molar-refractivity contribution in [3.05, 3.63) is 35.6 Å². The van der Waals surface area contributed by atoms with Crippen LogP contribution in [0.25, 0.3) is 0 Å². The Hall–Kier alpha value is -1.62. The maximum Gasteiger partial charge on any atom is 0.214 e. The summed E-state index contributed by atoms with van der Waals surface area (Å²) in [6.45, 7) is 6.76. The van der Waals surface area contributed by atoms with Crippen LogP contribution in [0.5, 0.6) is 0 Å². The van der Waals surface area contributed by atoms with Gasteiger partial charge in [-0.1, -0.05) is 0 Å². The monoisotopic (exact) mass is 260 g/mol. The van der Waals surface area contributed by atoms with Crippen LogP contribution in [0.3, 0.4) is 0 Å². The largest absolute Gasteiger partial charge is 0.444 e. The molecule has 1 N–H and O–H groups in total. The fourth-order valence-electron chi connectivity index (χ4n) is 2.66. The summed E-state index contributed by atoms with van der Waals surface area (Å²) in [6, 6.07) is 0. The van der Waals surface area contributed by atoms with Gasteiger partial charge in [0.2, 0.25) is 5.89 Å². The quantitative estimate of drug-likeness (QED) is 0.917. The van der Waals surface area contributed by atoms with Crippen molar-refractivity contribution >= 4 is 0 Å².